The van der Waals surface area contributed by atoms with E-state index < -0.39 is 12.0 Å². The van der Waals surface area contributed by atoms with Gasteiger partial charge in [-0.1, -0.05) is 0 Å². The Hall–Kier alpha value is -0.730. The van der Waals surface area contributed by atoms with Gasteiger partial charge in [0.2, 0.25) is 0 Å². The summed E-state index contributed by atoms with van der Waals surface area (Å²) < 4.78 is 0. The molecule has 3 N–H and O–H groups in total. The van der Waals surface area contributed by atoms with Crippen LogP contribution in [0.3, 0.4) is 0 Å². The van der Waals surface area contributed by atoms with E-state index in [1.807, 2.05) is 6.07 Å². The van der Waals surface area contributed by atoms with Crippen molar-refractivity contribution in [3.8, 4) is 6.07 Å². The van der Waals surface area contributed by atoms with Crippen LogP contribution in [0, 0.1) is 11.3 Å². The van der Waals surface area contributed by atoms with Gasteiger partial charge in [0.05, 0.1) is 11.3 Å². The molecule has 0 amide bonds. The third kappa shape index (κ3) is 4.65. The lowest BCUT2D eigenvalue weighted by atomic mass is 10.4. The summed E-state index contributed by atoms with van der Waals surface area (Å²) >= 11 is 1.25. The first-order valence-electron chi connectivity index (χ1n) is 3.07. The second-order valence-corrected chi connectivity index (χ2v) is 3.42. The number of hydrogen-bond acceptors (Lipinski definition) is 4. The zero-order valence-electron chi connectivity index (χ0n) is 6.15. The van der Waals surface area contributed by atoms with Gasteiger partial charge in [-0.15, -0.1) is 11.8 Å². The van der Waals surface area contributed by atoms with E-state index >= 15 is 0 Å². The van der Waals surface area contributed by atoms with Gasteiger partial charge in [-0.05, 0) is 6.92 Å². The average molecular weight is 174 g/mol. The minimum absolute atomic E-state index is 0.194. The number of nitrogens with zero attached hydrogens (tertiary/aromatic N) is 1. The molecule has 0 bridgehead atoms. The molecule has 2 atom stereocenters. The molecule has 0 fully saturated rings. The molecule has 0 aromatic carbocycles. The van der Waals surface area contributed by atoms with Crippen molar-refractivity contribution < 1.29 is 9.90 Å². The molecular formula is C6H10N2O2S. The zero-order chi connectivity index (χ0) is 8.85. The molecule has 0 aliphatic carbocycles. The van der Waals surface area contributed by atoms with Crippen molar-refractivity contribution in [2.45, 2.75) is 18.2 Å². The Morgan fingerprint density at radius 3 is 2.82 bits per heavy atom. The normalized spacial score (nSPS) is 15.0. The molecule has 0 spiro atoms. The van der Waals surface area contributed by atoms with E-state index in [9.17, 15) is 4.79 Å². The highest BCUT2D eigenvalue weighted by Crippen LogP contribution is 2.09. The highest BCUT2D eigenvalue weighted by Gasteiger charge is 2.12. The standard InChI is InChI=1S/C6H10N2O2S/c1-4(2-7)11-3-5(8)6(9)10/h4-5H,3,8H2,1H3,(H,9,10)/t4?,5-/m1/s1. The minimum Gasteiger partial charge on any atom is -0.480 e. The van der Waals surface area contributed by atoms with Crippen LogP contribution in [0.4, 0.5) is 0 Å². The van der Waals surface area contributed by atoms with Crippen LogP contribution in [-0.4, -0.2) is 28.1 Å². The lowest BCUT2D eigenvalue weighted by molar-refractivity contribution is -0.137. The van der Waals surface area contributed by atoms with E-state index in [0.29, 0.717) is 0 Å². The summed E-state index contributed by atoms with van der Waals surface area (Å²) in [5, 5.41) is 16.5. The van der Waals surface area contributed by atoms with Gasteiger partial charge in [-0.25, -0.2) is 0 Å². The van der Waals surface area contributed by atoms with Gasteiger partial charge < -0.3 is 10.8 Å². The number of thioether (sulfide) groups is 1. The fourth-order valence-electron chi connectivity index (χ4n) is 0.357. The van der Waals surface area contributed by atoms with Crippen LogP contribution in [0.2, 0.25) is 0 Å². The van der Waals surface area contributed by atoms with Gasteiger partial charge in [-0.3, -0.25) is 4.79 Å². The molecule has 0 saturated heterocycles. The third-order valence-electron chi connectivity index (χ3n) is 1.02. The van der Waals surface area contributed by atoms with Gasteiger partial charge in [-0.2, -0.15) is 5.26 Å². The number of carbonyl (C=O) groups is 1. The molecule has 62 valence electrons. The zero-order valence-corrected chi connectivity index (χ0v) is 6.97. The van der Waals surface area contributed by atoms with Gasteiger partial charge in [0, 0.05) is 5.75 Å². The van der Waals surface area contributed by atoms with Crippen LogP contribution in [0.25, 0.3) is 0 Å². The van der Waals surface area contributed by atoms with Gasteiger partial charge >= 0.3 is 5.97 Å². The molecule has 0 aliphatic heterocycles. The van der Waals surface area contributed by atoms with Crippen LogP contribution in [0.1, 0.15) is 6.92 Å². The topological polar surface area (TPSA) is 87.1 Å². The fraction of sp³-hybridized carbons (Fsp3) is 0.667. The Bertz CT molecular complexity index is 178. The maximum atomic E-state index is 10.2. The van der Waals surface area contributed by atoms with E-state index in [-0.39, 0.29) is 11.0 Å². The number of nitrogens with two attached hydrogens (primary N) is 1. The second kappa shape index (κ2) is 4.99. The molecule has 0 aliphatic rings. The van der Waals surface area contributed by atoms with Gasteiger partial charge in [0.25, 0.3) is 0 Å². The summed E-state index contributed by atoms with van der Waals surface area (Å²) in [7, 11) is 0. The lowest BCUT2D eigenvalue weighted by Gasteiger charge is -2.05. The van der Waals surface area contributed by atoms with Crippen LogP contribution in [0.5, 0.6) is 0 Å². The van der Waals surface area contributed by atoms with Crippen molar-refractivity contribution in [1.29, 1.82) is 5.26 Å². The lowest BCUT2D eigenvalue weighted by Crippen LogP contribution is -2.32. The number of rotatable bonds is 4. The van der Waals surface area contributed by atoms with Crippen molar-refractivity contribution in [1.82, 2.24) is 0 Å². The molecule has 5 heteroatoms. The molecule has 1 unspecified atom stereocenters. The molecule has 0 radical (unpaired) electrons. The molecule has 4 nitrogen and oxygen atoms in total. The summed E-state index contributed by atoms with van der Waals surface area (Å²) in [5.41, 5.74) is 5.19. The van der Waals surface area contributed by atoms with Crippen molar-refractivity contribution >= 4 is 17.7 Å². The summed E-state index contributed by atoms with van der Waals surface area (Å²) in [6, 6.07) is 1.11. The molecule has 11 heavy (non-hydrogen) atoms. The number of hydrogen-bond donors (Lipinski definition) is 2. The maximum absolute atomic E-state index is 10.2. The molecule has 0 heterocycles. The van der Waals surface area contributed by atoms with Gasteiger partial charge in [0.1, 0.15) is 6.04 Å². The predicted octanol–water partition coefficient (Wildman–Crippen LogP) is 0.0436. The second-order valence-electron chi connectivity index (χ2n) is 2.05. The summed E-state index contributed by atoms with van der Waals surface area (Å²) in [6.07, 6.45) is 0. The third-order valence-corrected chi connectivity index (χ3v) is 2.18. The molecular weight excluding hydrogens is 164 g/mol. The summed E-state index contributed by atoms with van der Waals surface area (Å²) in [5.74, 6) is -0.744. The van der Waals surface area contributed by atoms with E-state index in [4.69, 9.17) is 16.1 Å². The van der Waals surface area contributed by atoms with E-state index in [1.54, 1.807) is 6.92 Å². The SMILES string of the molecule is CC(C#N)SC[C@@H](N)C(=O)O. The monoisotopic (exact) mass is 174 g/mol. The highest BCUT2D eigenvalue weighted by molar-refractivity contribution is 8.00. The van der Waals surface area contributed by atoms with Crippen molar-refractivity contribution in [3.63, 3.8) is 0 Å². The van der Waals surface area contributed by atoms with E-state index in [1.165, 1.54) is 11.8 Å². The number of carboxylic acid groups (broad SMARTS) is 1. The summed E-state index contributed by atoms with van der Waals surface area (Å²) in [4.78, 5) is 10.2. The first-order valence-corrected chi connectivity index (χ1v) is 4.12. The molecule has 0 saturated carbocycles. The van der Waals surface area contributed by atoms with Crippen molar-refractivity contribution in [2.75, 3.05) is 5.75 Å². The largest absolute Gasteiger partial charge is 0.480 e. The van der Waals surface area contributed by atoms with Crippen molar-refractivity contribution in [3.05, 3.63) is 0 Å². The van der Waals surface area contributed by atoms with Crippen LogP contribution >= 0.6 is 11.8 Å². The number of carboxylic acids is 1. The first-order chi connectivity index (χ1) is 5.07. The smallest absolute Gasteiger partial charge is 0.321 e. The molecule has 0 aromatic rings. The van der Waals surface area contributed by atoms with Crippen LogP contribution in [-0.2, 0) is 4.79 Å². The first kappa shape index (κ1) is 10.3. The van der Waals surface area contributed by atoms with Crippen molar-refractivity contribution in [2.24, 2.45) is 5.73 Å². The maximum Gasteiger partial charge on any atom is 0.321 e. The quantitative estimate of drug-likeness (QED) is 0.628. The molecule has 0 rings (SSSR count). The number of aliphatic carboxylic acids is 1. The predicted molar refractivity (Wildman–Crippen MR) is 43.1 cm³/mol. The Morgan fingerprint density at radius 1 is 1.91 bits per heavy atom. The average Bonchev–Trinajstić information content (AvgIpc) is 1.99. The Kier molecular flexibility index (Phi) is 4.66. The molecule has 0 aromatic heterocycles. The van der Waals surface area contributed by atoms with Crippen LogP contribution in [0.15, 0.2) is 0 Å². The Labute approximate surface area is 69.4 Å². The van der Waals surface area contributed by atoms with Crippen LogP contribution < -0.4 is 5.73 Å². The number of nitriles is 1. The Balaban J connectivity index is 3.55. The Morgan fingerprint density at radius 2 is 2.45 bits per heavy atom. The fourth-order valence-corrected chi connectivity index (χ4v) is 1.07. The van der Waals surface area contributed by atoms with E-state index in [0.717, 1.165) is 0 Å². The summed E-state index contributed by atoms with van der Waals surface area (Å²) in [6.45, 7) is 1.71. The van der Waals surface area contributed by atoms with Gasteiger partial charge in [0.15, 0.2) is 0 Å². The minimum atomic E-state index is -1.03. The highest BCUT2D eigenvalue weighted by atomic mass is 32.2. The van der Waals surface area contributed by atoms with E-state index in [2.05, 4.69) is 0 Å².